The van der Waals surface area contributed by atoms with E-state index in [1.54, 1.807) is 12.1 Å². The zero-order valence-corrected chi connectivity index (χ0v) is 20.6. The lowest BCUT2D eigenvalue weighted by molar-refractivity contribution is -0.141. The van der Waals surface area contributed by atoms with Crippen LogP contribution in [-0.4, -0.2) is 71.1 Å². The number of phenolic OH excluding ortho intramolecular Hbond substituents is 1. The zero-order valence-electron chi connectivity index (χ0n) is 20.6. The summed E-state index contributed by atoms with van der Waals surface area (Å²) in [5, 5.41) is 26.2. The van der Waals surface area contributed by atoms with Crippen LogP contribution in [0.25, 0.3) is 0 Å². The van der Waals surface area contributed by atoms with E-state index in [9.17, 15) is 29.4 Å². The van der Waals surface area contributed by atoms with Gasteiger partial charge in [0.15, 0.2) is 5.96 Å². The highest BCUT2D eigenvalue weighted by Gasteiger charge is 2.27. The number of nitrogens with one attached hydrogen (secondary N) is 3. The van der Waals surface area contributed by atoms with E-state index < -0.39 is 48.4 Å². The number of carbonyl (C=O) groups excluding carboxylic acids is 3. The van der Waals surface area contributed by atoms with E-state index in [0.29, 0.717) is 18.4 Å². The van der Waals surface area contributed by atoms with Crippen molar-refractivity contribution in [3.8, 4) is 5.75 Å². The van der Waals surface area contributed by atoms with E-state index >= 15 is 0 Å². The van der Waals surface area contributed by atoms with Crippen molar-refractivity contribution in [1.29, 1.82) is 0 Å². The Balaban J connectivity index is 2.75. The first-order valence-corrected chi connectivity index (χ1v) is 11.6. The fraction of sp³-hybridized carbons (Fsp3) is 0.522. The second-order valence-corrected chi connectivity index (χ2v) is 8.47. The number of aromatic hydroxyl groups is 1. The van der Waals surface area contributed by atoms with Gasteiger partial charge in [0, 0.05) is 13.0 Å². The fourth-order valence-electron chi connectivity index (χ4n) is 3.16. The van der Waals surface area contributed by atoms with Crippen molar-refractivity contribution in [3.63, 3.8) is 0 Å². The number of aliphatic imine (C=N–C) groups is 1. The van der Waals surface area contributed by atoms with Crippen LogP contribution in [0.15, 0.2) is 29.3 Å². The smallest absolute Gasteiger partial charge is 0.326 e. The molecule has 3 amide bonds. The summed E-state index contributed by atoms with van der Waals surface area (Å²) < 4.78 is 0. The van der Waals surface area contributed by atoms with Crippen molar-refractivity contribution in [2.24, 2.45) is 28.1 Å². The van der Waals surface area contributed by atoms with Gasteiger partial charge in [-0.2, -0.15) is 0 Å². The summed E-state index contributed by atoms with van der Waals surface area (Å²) in [7, 11) is 0. The number of hydrogen-bond donors (Lipinski definition) is 8. The van der Waals surface area contributed by atoms with Gasteiger partial charge in [0.05, 0.1) is 12.6 Å². The van der Waals surface area contributed by atoms with Gasteiger partial charge in [-0.25, -0.2) is 4.79 Å². The van der Waals surface area contributed by atoms with Crippen LogP contribution in [0.3, 0.4) is 0 Å². The maximum atomic E-state index is 12.7. The van der Waals surface area contributed by atoms with Crippen LogP contribution in [0.1, 0.15) is 38.7 Å². The second kappa shape index (κ2) is 15.2. The molecule has 0 saturated carbocycles. The normalized spacial score (nSPS) is 14.0. The highest BCUT2D eigenvalue weighted by atomic mass is 16.4. The Kier molecular flexibility index (Phi) is 12.7. The number of carboxylic acids is 1. The van der Waals surface area contributed by atoms with Crippen LogP contribution in [0.4, 0.5) is 0 Å². The monoisotopic (exact) mass is 507 g/mol. The van der Waals surface area contributed by atoms with Crippen LogP contribution >= 0.6 is 0 Å². The molecule has 0 aliphatic rings. The third-order valence-corrected chi connectivity index (χ3v) is 5.57. The molecule has 1 rings (SSSR count). The maximum absolute atomic E-state index is 12.7. The molecule has 0 aromatic heterocycles. The maximum Gasteiger partial charge on any atom is 0.326 e. The molecular formula is C23H37N7O6. The Morgan fingerprint density at radius 2 is 1.67 bits per heavy atom. The molecule has 11 N–H and O–H groups in total. The van der Waals surface area contributed by atoms with E-state index in [2.05, 4.69) is 20.9 Å². The van der Waals surface area contributed by atoms with Crippen LogP contribution in [0.5, 0.6) is 5.75 Å². The third kappa shape index (κ3) is 11.0. The predicted molar refractivity (Wildman–Crippen MR) is 134 cm³/mol. The van der Waals surface area contributed by atoms with Crippen molar-refractivity contribution in [3.05, 3.63) is 29.8 Å². The summed E-state index contributed by atoms with van der Waals surface area (Å²) in [4.78, 5) is 53.0. The summed E-state index contributed by atoms with van der Waals surface area (Å²) in [6.07, 6.45) is 1.20. The molecule has 0 fully saturated rings. The molecular weight excluding hydrogens is 470 g/mol. The van der Waals surface area contributed by atoms with Crippen molar-refractivity contribution in [1.82, 2.24) is 16.0 Å². The topological polar surface area (TPSA) is 235 Å². The summed E-state index contributed by atoms with van der Waals surface area (Å²) in [6.45, 7) is 3.44. The summed E-state index contributed by atoms with van der Waals surface area (Å²) in [5.74, 6) is -3.30. The van der Waals surface area contributed by atoms with Crippen molar-refractivity contribution in [2.45, 2.75) is 57.7 Å². The van der Waals surface area contributed by atoms with Crippen LogP contribution in [0.2, 0.25) is 0 Å². The summed E-state index contributed by atoms with van der Waals surface area (Å²) >= 11 is 0. The molecule has 4 atom stereocenters. The Bertz CT molecular complexity index is 918. The molecule has 0 bridgehead atoms. The van der Waals surface area contributed by atoms with Crippen molar-refractivity contribution >= 4 is 29.7 Å². The Morgan fingerprint density at radius 1 is 1.03 bits per heavy atom. The first-order valence-electron chi connectivity index (χ1n) is 11.6. The van der Waals surface area contributed by atoms with Gasteiger partial charge in [0.1, 0.15) is 17.8 Å². The molecule has 13 heteroatoms. The largest absolute Gasteiger partial charge is 0.508 e. The molecule has 0 heterocycles. The lowest BCUT2D eigenvalue weighted by Gasteiger charge is -2.23. The minimum atomic E-state index is -1.26. The van der Waals surface area contributed by atoms with E-state index in [0.717, 1.165) is 0 Å². The first kappa shape index (κ1) is 30.2. The van der Waals surface area contributed by atoms with Gasteiger partial charge >= 0.3 is 5.97 Å². The molecule has 0 spiro atoms. The fourth-order valence-corrected chi connectivity index (χ4v) is 3.16. The van der Waals surface area contributed by atoms with Crippen molar-refractivity contribution in [2.75, 3.05) is 13.1 Å². The molecule has 0 aliphatic carbocycles. The summed E-state index contributed by atoms with van der Waals surface area (Å²) in [5.41, 5.74) is 17.1. The number of phenols is 1. The van der Waals surface area contributed by atoms with Gasteiger partial charge in [-0.1, -0.05) is 32.4 Å². The number of amides is 3. The molecule has 4 unspecified atom stereocenters. The number of carbonyl (C=O) groups is 4. The lowest BCUT2D eigenvalue weighted by Crippen LogP contribution is -2.54. The zero-order chi connectivity index (χ0) is 27.3. The average molecular weight is 508 g/mol. The molecule has 0 radical (unpaired) electrons. The number of nitrogens with two attached hydrogens (primary N) is 3. The van der Waals surface area contributed by atoms with Gasteiger partial charge in [0.25, 0.3) is 0 Å². The molecule has 36 heavy (non-hydrogen) atoms. The van der Waals surface area contributed by atoms with Gasteiger partial charge < -0.3 is 43.4 Å². The standard InChI is InChI=1S/C23H37N7O6/c1-3-13(2)19(24)21(34)30-16(5-4-10-27-23(25)26)20(33)28-12-18(32)29-17(22(35)36)11-14-6-8-15(31)9-7-14/h6-9,13,16-17,19,31H,3-5,10-12,24H2,1-2H3,(H,28,33)(H,29,32)(H,30,34)(H,35,36)(H4,25,26,27). The third-order valence-electron chi connectivity index (χ3n) is 5.57. The highest BCUT2D eigenvalue weighted by Crippen LogP contribution is 2.11. The van der Waals surface area contributed by atoms with E-state index in [4.69, 9.17) is 17.2 Å². The SMILES string of the molecule is CCC(C)C(N)C(=O)NC(CCCN=C(N)N)C(=O)NCC(=O)NC(Cc1ccc(O)cc1)C(=O)O. The number of guanidine groups is 1. The highest BCUT2D eigenvalue weighted by molar-refractivity contribution is 5.92. The van der Waals surface area contributed by atoms with Gasteiger partial charge in [0.2, 0.25) is 17.7 Å². The van der Waals surface area contributed by atoms with E-state index in [1.165, 1.54) is 12.1 Å². The molecule has 1 aromatic carbocycles. The lowest BCUT2D eigenvalue weighted by atomic mass is 9.98. The number of rotatable bonds is 15. The van der Waals surface area contributed by atoms with Crippen LogP contribution in [-0.2, 0) is 25.6 Å². The Labute approximate surface area is 209 Å². The van der Waals surface area contributed by atoms with Crippen LogP contribution < -0.4 is 33.2 Å². The molecule has 0 aliphatic heterocycles. The number of aliphatic carboxylic acids is 1. The molecule has 200 valence electrons. The minimum Gasteiger partial charge on any atom is -0.508 e. The number of nitrogens with zero attached hydrogens (tertiary/aromatic N) is 1. The van der Waals surface area contributed by atoms with E-state index in [1.807, 2.05) is 13.8 Å². The second-order valence-electron chi connectivity index (χ2n) is 8.47. The Hall–Kier alpha value is -3.87. The number of benzene rings is 1. The minimum absolute atomic E-state index is 0.0216. The van der Waals surface area contributed by atoms with Gasteiger partial charge in [-0.3, -0.25) is 19.4 Å². The van der Waals surface area contributed by atoms with Gasteiger partial charge in [-0.15, -0.1) is 0 Å². The number of hydrogen-bond acceptors (Lipinski definition) is 7. The Morgan fingerprint density at radius 3 is 2.22 bits per heavy atom. The molecule has 13 nitrogen and oxygen atoms in total. The number of carboxylic acid groups (broad SMARTS) is 1. The quantitative estimate of drug-likeness (QED) is 0.0784. The average Bonchev–Trinajstić information content (AvgIpc) is 2.83. The first-order chi connectivity index (χ1) is 16.9. The van der Waals surface area contributed by atoms with Crippen molar-refractivity contribution < 1.29 is 29.4 Å². The van der Waals surface area contributed by atoms with Gasteiger partial charge in [-0.05, 0) is 36.5 Å². The summed E-state index contributed by atoms with van der Waals surface area (Å²) in [6, 6.07) is 2.83. The molecule has 0 saturated heterocycles. The van der Waals surface area contributed by atoms with Crippen LogP contribution in [0, 0.1) is 5.92 Å². The predicted octanol–water partition coefficient (Wildman–Crippen LogP) is -1.47. The molecule has 1 aromatic rings. The van der Waals surface area contributed by atoms with E-state index in [-0.39, 0.29) is 37.0 Å².